The summed E-state index contributed by atoms with van der Waals surface area (Å²) in [6.07, 6.45) is 0.997. The average Bonchev–Trinajstić information content (AvgIpc) is 2.25. The standard InChI is InChI=1S/C13H15NO2/c1-9-3-5-10(6-4-9)13(2)8-7-11(15)14-12(13)16/h3-6H,7-8H2,1-2H3,(H,14,15,16)/t13-/m1/s1. The van der Waals surface area contributed by atoms with Crippen molar-refractivity contribution >= 4 is 11.8 Å². The molecule has 0 unspecified atom stereocenters. The van der Waals surface area contributed by atoms with Gasteiger partial charge in [0.2, 0.25) is 11.8 Å². The van der Waals surface area contributed by atoms with Gasteiger partial charge in [0.25, 0.3) is 0 Å². The van der Waals surface area contributed by atoms with Crippen LogP contribution in [0.1, 0.15) is 30.9 Å². The minimum Gasteiger partial charge on any atom is -0.296 e. The maximum Gasteiger partial charge on any atom is 0.236 e. The Balaban J connectivity index is 2.34. The summed E-state index contributed by atoms with van der Waals surface area (Å²) >= 11 is 0. The smallest absolute Gasteiger partial charge is 0.236 e. The molecule has 0 saturated carbocycles. The first kappa shape index (κ1) is 10.9. The van der Waals surface area contributed by atoms with Crippen molar-refractivity contribution < 1.29 is 9.59 Å². The lowest BCUT2D eigenvalue weighted by Gasteiger charge is -2.32. The molecule has 0 bridgehead atoms. The van der Waals surface area contributed by atoms with Crippen LogP contribution in [0.4, 0.5) is 0 Å². The minimum atomic E-state index is -0.568. The molecule has 1 fully saturated rings. The van der Waals surface area contributed by atoms with Crippen LogP contribution in [0.5, 0.6) is 0 Å². The van der Waals surface area contributed by atoms with Crippen molar-refractivity contribution in [2.24, 2.45) is 0 Å². The second-order valence-electron chi connectivity index (χ2n) is 4.58. The molecule has 1 atom stereocenters. The summed E-state index contributed by atoms with van der Waals surface area (Å²) < 4.78 is 0. The van der Waals surface area contributed by atoms with E-state index in [1.54, 1.807) is 0 Å². The summed E-state index contributed by atoms with van der Waals surface area (Å²) in [6, 6.07) is 7.91. The van der Waals surface area contributed by atoms with E-state index in [1.807, 2.05) is 38.1 Å². The van der Waals surface area contributed by atoms with E-state index in [0.29, 0.717) is 12.8 Å². The third-order valence-electron chi connectivity index (χ3n) is 3.29. The number of aryl methyl sites for hydroxylation is 1. The quantitative estimate of drug-likeness (QED) is 0.727. The number of benzene rings is 1. The zero-order valence-electron chi connectivity index (χ0n) is 9.54. The summed E-state index contributed by atoms with van der Waals surface area (Å²) in [6.45, 7) is 3.90. The highest BCUT2D eigenvalue weighted by Crippen LogP contribution is 2.31. The Bertz CT molecular complexity index is 436. The van der Waals surface area contributed by atoms with Gasteiger partial charge in [0.1, 0.15) is 0 Å². The van der Waals surface area contributed by atoms with Gasteiger partial charge in [-0.1, -0.05) is 29.8 Å². The van der Waals surface area contributed by atoms with Crippen LogP contribution in [0.2, 0.25) is 0 Å². The largest absolute Gasteiger partial charge is 0.296 e. The molecule has 1 aliphatic heterocycles. The number of piperidine rings is 1. The van der Waals surface area contributed by atoms with Gasteiger partial charge < -0.3 is 0 Å². The van der Waals surface area contributed by atoms with E-state index in [-0.39, 0.29) is 11.8 Å². The highest BCUT2D eigenvalue weighted by atomic mass is 16.2. The maximum atomic E-state index is 11.9. The summed E-state index contributed by atoms with van der Waals surface area (Å²) in [5, 5.41) is 2.41. The summed E-state index contributed by atoms with van der Waals surface area (Å²) in [4.78, 5) is 23.0. The topological polar surface area (TPSA) is 46.2 Å². The highest BCUT2D eigenvalue weighted by Gasteiger charge is 2.39. The SMILES string of the molecule is Cc1ccc([C@@]2(C)CCC(=O)NC2=O)cc1. The average molecular weight is 217 g/mol. The lowest BCUT2D eigenvalue weighted by Crippen LogP contribution is -2.49. The Labute approximate surface area is 94.9 Å². The van der Waals surface area contributed by atoms with Crippen molar-refractivity contribution in [1.29, 1.82) is 0 Å². The Morgan fingerprint density at radius 3 is 2.38 bits per heavy atom. The lowest BCUT2D eigenvalue weighted by atomic mass is 9.75. The van der Waals surface area contributed by atoms with Crippen LogP contribution in [0.25, 0.3) is 0 Å². The first-order valence-corrected chi connectivity index (χ1v) is 5.44. The zero-order chi connectivity index (χ0) is 11.8. The number of amides is 2. The summed E-state index contributed by atoms with van der Waals surface area (Å²) in [5.41, 5.74) is 1.57. The number of hydrogen-bond donors (Lipinski definition) is 1. The zero-order valence-corrected chi connectivity index (χ0v) is 9.54. The first-order valence-electron chi connectivity index (χ1n) is 5.44. The summed E-state index contributed by atoms with van der Waals surface area (Å²) in [5.74, 6) is -0.359. The van der Waals surface area contributed by atoms with Crippen LogP contribution in [0.3, 0.4) is 0 Å². The molecule has 16 heavy (non-hydrogen) atoms. The van der Waals surface area contributed by atoms with Crippen LogP contribution in [0, 0.1) is 6.92 Å². The highest BCUT2D eigenvalue weighted by molar-refractivity contribution is 6.03. The van der Waals surface area contributed by atoms with Gasteiger partial charge in [-0.15, -0.1) is 0 Å². The van der Waals surface area contributed by atoms with Crippen LogP contribution in [-0.4, -0.2) is 11.8 Å². The van der Waals surface area contributed by atoms with Gasteiger partial charge in [-0.05, 0) is 25.8 Å². The van der Waals surface area contributed by atoms with Gasteiger partial charge in [0.15, 0.2) is 0 Å². The normalized spacial score (nSPS) is 25.4. The third kappa shape index (κ3) is 1.73. The molecule has 1 aromatic rings. The van der Waals surface area contributed by atoms with E-state index in [0.717, 1.165) is 5.56 Å². The predicted molar refractivity (Wildman–Crippen MR) is 60.9 cm³/mol. The number of carbonyl (C=O) groups is 2. The van der Waals surface area contributed by atoms with E-state index in [4.69, 9.17) is 0 Å². The van der Waals surface area contributed by atoms with Crippen LogP contribution in [-0.2, 0) is 15.0 Å². The van der Waals surface area contributed by atoms with Crippen LogP contribution >= 0.6 is 0 Å². The molecule has 84 valence electrons. The van der Waals surface area contributed by atoms with Crippen LogP contribution < -0.4 is 5.32 Å². The fourth-order valence-electron chi connectivity index (χ4n) is 2.00. The lowest BCUT2D eigenvalue weighted by molar-refractivity contribution is -0.137. The maximum absolute atomic E-state index is 11.9. The molecule has 0 radical (unpaired) electrons. The van der Waals surface area contributed by atoms with E-state index in [1.165, 1.54) is 5.56 Å². The van der Waals surface area contributed by atoms with Crippen molar-refractivity contribution in [3.8, 4) is 0 Å². The number of hydrogen-bond acceptors (Lipinski definition) is 2. The van der Waals surface area contributed by atoms with Crippen molar-refractivity contribution in [3.63, 3.8) is 0 Å². The molecule has 1 N–H and O–H groups in total. The van der Waals surface area contributed by atoms with Crippen molar-refractivity contribution in [2.75, 3.05) is 0 Å². The molecule has 1 heterocycles. The van der Waals surface area contributed by atoms with E-state index in [2.05, 4.69) is 5.32 Å². The molecule has 1 saturated heterocycles. The second-order valence-corrected chi connectivity index (χ2v) is 4.58. The molecule has 0 spiro atoms. The van der Waals surface area contributed by atoms with E-state index >= 15 is 0 Å². The molecule has 0 aliphatic carbocycles. The van der Waals surface area contributed by atoms with Crippen molar-refractivity contribution in [2.45, 2.75) is 32.1 Å². The molecule has 2 rings (SSSR count). The third-order valence-corrected chi connectivity index (χ3v) is 3.29. The Kier molecular flexibility index (Phi) is 2.54. The van der Waals surface area contributed by atoms with Gasteiger partial charge >= 0.3 is 0 Å². The van der Waals surface area contributed by atoms with Crippen molar-refractivity contribution in [1.82, 2.24) is 5.32 Å². The Hall–Kier alpha value is -1.64. The fraction of sp³-hybridized carbons (Fsp3) is 0.385. The minimum absolute atomic E-state index is 0.172. The van der Waals surface area contributed by atoms with E-state index < -0.39 is 5.41 Å². The molecule has 2 amide bonds. The van der Waals surface area contributed by atoms with Gasteiger partial charge in [-0.2, -0.15) is 0 Å². The van der Waals surface area contributed by atoms with Gasteiger partial charge in [-0.3, -0.25) is 14.9 Å². The molecule has 3 nitrogen and oxygen atoms in total. The number of carbonyl (C=O) groups excluding carboxylic acids is 2. The van der Waals surface area contributed by atoms with Gasteiger partial charge in [-0.25, -0.2) is 0 Å². The predicted octanol–water partition coefficient (Wildman–Crippen LogP) is 1.69. The van der Waals surface area contributed by atoms with Gasteiger partial charge in [0, 0.05) is 6.42 Å². The van der Waals surface area contributed by atoms with E-state index in [9.17, 15) is 9.59 Å². The molecular weight excluding hydrogens is 202 g/mol. The molecular formula is C13H15NO2. The Morgan fingerprint density at radius 1 is 1.19 bits per heavy atom. The monoisotopic (exact) mass is 217 g/mol. The molecule has 1 aromatic carbocycles. The molecule has 3 heteroatoms. The number of rotatable bonds is 1. The number of imide groups is 1. The Morgan fingerprint density at radius 2 is 1.81 bits per heavy atom. The van der Waals surface area contributed by atoms with Gasteiger partial charge in [0.05, 0.1) is 5.41 Å². The van der Waals surface area contributed by atoms with Crippen LogP contribution in [0.15, 0.2) is 24.3 Å². The number of nitrogens with one attached hydrogen (secondary N) is 1. The fourth-order valence-corrected chi connectivity index (χ4v) is 2.00. The molecule has 1 aliphatic rings. The second kappa shape index (κ2) is 3.74. The molecule has 0 aromatic heterocycles. The summed E-state index contributed by atoms with van der Waals surface area (Å²) in [7, 11) is 0. The van der Waals surface area contributed by atoms with Crippen molar-refractivity contribution in [3.05, 3.63) is 35.4 Å². The first-order chi connectivity index (χ1) is 7.52.